The molecule has 0 radical (unpaired) electrons. The number of benzene rings is 2. The maximum atomic E-state index is 12.9. The molecule has 156 valence electrons. The third-order valence-corrected chi connectivity index (χ3v) is 3.75. The Morgan fingerprint density at radius 1 is 1.14 bits per heavy atom. The average molecular weight is 402 g/mol. The first-order valence-electron chi connectivity index (χ1n) is 9.33. The normalized spacial score (nSPS) is 12.1. The number of nitrogens with one attached hydrogen (secondary N) is 3. The van der Waals surface area contributed by atoms with E-state index in [4.69, 9.17) is 9.47 Å². The summed E-state index contributed by atoms with van der Waals surface area (Å²) < 4.78 is 24.3. The van der Waals surface area contributed by atoms with E-state index in [0.29, 0.717) is 42.8 Å². The van der Waals surface area contributed by atoms with Gasteiger partial charge in [-0.1, -0.05) is 6.07 Å². The first kappa shape index (κ1) is 22.0. The van der Waals surface area contributed by atoms with E-state index < -0.39 is 0 Å². The van der Waals surface area contributed by atoms with Gasteiger partial charge in [-0.15, -0.1) is 0 Å². The number of guanidine groups is 1. The van der Waals surface area contributed by atoms with Crippen LogP contribution in [0.4, 0.5) is 10.1 Å². The molecular formula is C21H27FN4O3. The van der Waals surface area contributed by atoms with E-state index in [0.717, 1.165) is 0 Å². The second-order valence-corrected chi connectivity index (χ2v) is 6.32. The Labute approximate surface area is 170 Å². The number of ether oxygens (including phenoxy) is 2. The molecule has 0 aliphatic carbocycles. The monoisotopic (exact) mass is 402 g/mol. The zero-order valence-corrected chi connectivity index (χ0v) is 16.9. The number of halogens is 1. The van der Waals surface area contributed by atoms with Crippen molar-refractivity contribution in [1.82, 2.24) is 10.6 Å². The van der Waals surface area contributed by atoms with Gasteiger partial charge in [0.05, 0.1) is 13.1 Å². The minimum Gasteiger partial charge on any atom is -0.492 e. The molecule has 0 aliphatic heterocycles. The highest BCUT2D eigenvalue weighted by molar-refractivity contribution is 5.88. The maximum Gasteiger partial charge on any atom is 0.221 e. The third-order valence-electron chi connectivity index (χ3n) is 3.75. The lowest BCUT2D eigenvalue weighted by atomic mass is 10.3. The van der Waals surface area contributed by atoms with Gasteiger partial charge in [0, 0.05) is 25.7 Å². The minimum absolute atomic E-state index is 0.128. The summed E-state index contributed by atoms with van der Waals surface area (Å²) in [5.41, 5.74) is 0.690. The molecule has 0 aromatic heterocycles. The molecule has 2 rings (SSSR count). The van der Waals surface area contributed by atoms with E-state index in [-0.39, 0.29) is 17.8 Å². The SMILES string of the molecule is CN=C(NCCOc1cccc(NC(C)=O)c1)NCC(C)Oc1ccc(F)cc1. The molecular weight excluding hydrogens is 375 g/mol. The lowest BCUT2D eigenvalue weighted by Gasteiger charge is -2.18. The quantitative estimate of drug-likeness (QED) is 0.341. The van der Waals surface area contributed by atoms with Crippen LogP contribution in [-0.2, 0) is 4.79 Å². The van der Waals surface area contributed by atoms with Crippen molar-refractivity contribution in [1.29, 1.82) is 0 Å². The lowest BCUT2D eigenvalue weighted by Crippen LogP contribution is -2.43. The number of amides is 1. The fraction of sp³-hybridized carbons (Fsp3) is 0.333. The molecule has 0 saturated heterocycles. The van der Waals surface area contributed by atoms with Gasteiger partial charge in [0.15, 0.2) is 5.96 Å². The van der Waals surface area contributed by atoms with Crippen LogP contribution in [0, 0.1) is 5.82 Å². The highest BCUT2D eigenvalue weighted by Gasteiger charge is 2.06. The van der Waals surface area contributed by atoms with Gasteiger partial charge in [0.2, 0.25) is 5.91 Å². The molecule has 0 heterocycles. The number of rotatable bonds is 9. The number of carbonyl (C=O) groups is 1. The number of aliphatic imine (C=N–C) groups is 1. The van der Waals surface area contributed by atoms with Crippen molar-refractivity contribution in [3.8, 4) is 11.5 Å². The molecule has 1 amide bonds. The van der Waals surface area contributed by atoms with E-state index in [1.807, 2.05) is 19.1 Å². The summed E-state index contributed by atoms with van der Waals surface area (Å²) in [7, 11) is 1.68. The third kappa shape index (κ3) is 8.50. The minimum atomic E-state index is -0.295. The van der Waals surface area contributed by atoms with E-state index in [2.05, 4.69) is 20.9 Å². The number of carbonyl (C=O) groups excluding carboxylic acids is 1. The second-order valence-electron chi connectivity index (χ2n) is 6.32. The summed E-state index contributed by atoms with van der Waals surface area (Å²) in [5.74, 6) is 1.48. The Morgan fingerprint density at radius 2 is 1.90 bits per heavy atom. The molecule has 0 saturated carbocycles. The van der Waals surface area contributed by atoms with E-state index in [1.165, 1.54) is 19.1 Å². The van der Waals surface area contributed by atoms with Gasteiger partial charge in [0.1, 0.15) is 30.0 Å². The predicted octanol–water partition coefficient (Wildman–Crippen LogP) is 2.80. The van der Waals surface area contributed by atoms with E-state index >= 15 is 0 Å². The second kappa shape index (κ2) is 11.5. The fourth-order valence-corrected chi connectivity index (χ4v) is 2.45. The molecule has 0 aliphatic rings. The van der Waals surface area contributed by atoms with Crippen LogP contribution < -0.4 is 25.4 Å². The standard InChI is InChI=1S/C21H27FN4O3/c1-15(29-19-9-7-17(22)8-10-19)14-25-21(23-3)24-11-12-28-20-6-4-5-18(13-20)26-16(2)27/h4-10,13,15H,11-12,14H2,1-3H3,(H,26,27)(H2,23,24,25). The smallest absolute Gasteiger partial charge is 0.221 e. The average Bonchev–Trinajstić information content (AvgIpc) is 2.69. The van der Waals surface area contributed by atoms with Gasteiger partial charge in [-0.25, -0.2) is 4.39 Å². The molecule has 7 nitrogen and oxygen atoms in total. The molecule has 2 aromatic rings. The Morgan fingerprint density at radius 3 is 2.59 bits per heavy atom. The van der Waals surface area contributed by atoms with E-state index in [1.54, 1.807) is 31.3 Å². The van der Waals surface area contributed by atoms with Crippen molar-refractivity contribution in [2.24, 2.45) is 4.99 Å². The van der Waals surface area contributed by atoms with Crippen molar-refractivity contribution >= 4 is 17.6 Å². The van der Waals surface area contributed by atoms with Crippen molar-refractivity contribution < 1.29 is 18.7 Å². The molecule has 3 N–H and O–H groups in total. The van der Waals surface area contributed by atoms with Gasteiger partial charge in [-0.05, 0) is 43.3 Å². The Bertz CT molecular complexity index is 812. The van der Waals surface area contributed by atoms with Crippen molar-refractivity contribution in [3.05, 3.63) is 54.3 Å². The summed E-state index contributed by atoms with van der Waals surface area (Å²) >= 11 is 0. The van der Waals surface area contributed by atoms with Gasteiger partial charge >= 0.3 is 0 Å². The van der Waals surface area contributed by atoms with Crippen LogP contribution in [0.15, 0.2) is 53.5 Å². The summed E-state index contributed by atoms with van der Waals surface area (Å²) in [6, 6.07) is 13.1. The zero-order chi connectivity index (χ0) is 21.1. The summed E-state index contributed by atoms with van der Waals surface area (Å²) in [4.78, 5) is 15.3. The van der Waals surface area contributed by atoms with Crippen LogP contribution in [0.5, 0.6) is 11.5 Å². The number of hydrogen-bond donors (Lipinski definition) is 3. The lowest BCUT2D eigenvalue weighted by molar-refractivity contribution is -0.114. The molecule has 1 unspecified atom stereocenters. The maximum absolute atomic E-state index is 12.9. The summed E-state index contributed by atoms with van der Waals surface area (Å²) in [6.45, 7) is 4.86. The molecule has 0 fully saturated rings. The molecule has 2 aromatic carbocycles. The predicted molar refractivity (Wildman–Crippen MR) is 112 cm³/mol. The first-order chi connectivity index (χ1) is 14.0. The summed E-state index contributed by atoms with van der Waals surface area (Å²) in [6.07, 6.45) is -0.133. The van der Waals surface area contributed by atoms with Crippen LogP contribution in [-0.4, -0.2) is 44.7 Å². The highest BCUT2D eigenvalue weighted by atomic mass is 19.1. The van der Waals surface area contributed by atoms with Crippen molar-refractivity contribution in [3.63, 3.8) is 0 Å². The van der Waals surface area contributed by atoms with Crippen LogP contribution in [0.2, 0.25) is 0 Å². The molecule has 8 heteroatoms. The van der Waals surface area contributed by atoms with Crippen LogP contribution in [0.3, 0.4) is 0 Å². The first-order valence-corrected chi connectivity index (χ1v) is 9.33. The largest absolute Gasteiger partial charge is 0.492 e. The number of anilines is 1. The number of nitrogens with zero attached hydrogens (tertiary/aromatic N) is 1. The summed E-state index contributed by atoms with van der Waals surface area (Å²) in [5, 5.41) is 9.04. The fourth-order valence-electron chi connectivity index (χ4n) is 2.45. The molecule has 1 atom stereocenters. The van der Waals surface area contributed by atoms with Crippen LogP contribution in [0.1, 0.15) is 13.8 Å². The van der Waals surface area contributed by atoms with Gasteiger partial charge in [-0.3, -0.25) is 9.79 Å². The van der Waals surface area contributed by atoms with Crippen molar-refractivity contribution in [2.75, 3.05) is 32.1 Å². The van der Waals surface area contributed by atoms with E-state index in [9.17, 15) is 9.18 Å². The Balaban J connectivity index is 1.68. The van der Waals surface area contributed by atoms with Crippen LogP contribution >= 0.6 is 0 Å². The molecule has 0 bridgehead atoms. The molecule has 29 heavy (non-hydrogen) atoms. The molecule has 0 spiro atoms. The topological polar surface area (TPSA) is 84.0 Å². The van der Waals surface area contributed by atoms with Gasteiger partial charge in [-0.2, -0.15) is 0 Å². The highest BCUT2D eigenvalue weighted by Crippen LogP contribution is 2.17. The van der Waals surface area contributed by atoms with Crippen LogP contribution in [0.25, 0.3) is 0 Å². The Kier molecular flexibility index (Phi) is 8.75. The van der Waals surface area contributed by atoms with Crippen molar-refractivity contribution in [2.45, 2.75) is 20.0 Å². The van der Waals surface area contributed by atoms with Gasteiger partial charge < -0.3 is 25.4 Å². The number of hydrogen-bond acceptors (Lipinski definition) is 4. The zero-order valence-electron chi connectivity index (χ0n) is 16.9. The Hall–Kier alpha value is -3.29. The van der Waals surface area contributed by atoms with Gasteiger partial charge in [0.25, 0.3) is 0 Å².